The maximum Gasteiger partial charge on any atom is 0.315 e. The molecule has 0 aliphatic carbocycles. The maximum atomic E-state index is 12.1. The van der Waals surface area contributed by atoms with Crippen LogP contribution in [-0.4, -0.2) is 28.8 Å². The quantitative estimate of drug-likeness (QED) is 0.717. The molecule has 2 rings (SSSR count). The fourth-order valence-corrected chi connectivity index (χ4v) is 3.30. The zero-order valence-electron chi connectivity index (χ0n) is 14.3. The molecule has 0 saturated carbocycles. The number of rotatable bonds is 7. The van der Waals surface area contributed by atoms with Crippen LogP contribution in [0, 0.1) is 5.92 Å². The van der Waals surface area contributed by atoms with Crippen LogP contribution in [0.5, 0.6) is 0 Å². The molecular weight excluding hydrogens is 322 g/mol. The van der Waals surface area contributed by atoms with Gasteiger partial charge in [-0.15, -0.1) is 11.3 Å². The Labute approximate surface area is 147 Å². The van der Waals surface area contributed by atoms with Gasteiger partial charge in [-0.25, -0.2) is 9.78 Å². The van der Waals surface area contributed by atoms with E-state index in [2.05, 4.69) is 29.5 Å². The van der Waals surface area contributed by atoms with E-state index < -0.39 is 0 Å². The van der Waals surface area contributed by atoms with Gasteiger partial charge in [0.15, 0.2) is 0 Å². The Bertz CT molecular complexity index is 643. The Morgan fingerprint density at radius 1 is 1.21 bits per heavy atom. The van der Waals surface area contributed by atoms with E-state index in [1.165, 1.54) is 11.3 Å². The van der Waals surface area contributed by atoms with E-state index in [1.807, 2.05) is 42.6 Å². The van der Waals surface area contributed by atoms with Crippen molar-refractivity contribution in [1.82, 2.24) is 15.6 Å². The lowest BCUT2D eigenvalue weighted by atomic mass is 10.0. The van der Waals surface area contributed by atoms with Crippen molar-refractivity contribution in [3.05, 3.63) is 40.7 Å². The number of urea groups is 1. The van der Waals surface area contributed by atoms with Crippen molar-refractivity contribution in [2.24, 2.45) is 5.92 Å². The van der Waals surface area contributed by atoms with Gasteiger partial charge in [-0.2, -0.15) is 0 Å². The predicted molar refractivity (Wildman–Crippen MR) is 98.0 cm³/mol. The first-order valence-corrected chi connectivity index (χ1v) is 9.06. The Balaban J connectivity index is 1.93. The minimum atomic E-state index is -0.279. The molecule has 5 nitrogen and oxygen atoms in total. The van der Waals surface area contributed by atoms with Crippen molar-refractivity contribution >= 4 is 17.4 Å². The number of carbonyl (C=O) groups excluding carboxylic acids is 1. The van der Waals surface area contributed by atoms with Gasteiger partial charge < -0.3 is 15.7 Å². The molecule has 1 aromatic heterocycles. The minimum Gasteiger partial charge on any atom is -0.394 e. The second-order valence-corrected chi connectivity index (χ2v) is 7.18. The number of aliphatic hydroxyl groups is 1. The molecule has 2 amide bonds. The van der Waals surface area contributed by atoms with Gasteiger partial charge in [0.2, 0.25) is 0 Å². The van der Waals surface area contributed by atoms with Crippen molar-refractivity contribution in [3.63, 3.8) is 0 Å². The molecule has 0 saturated heterocycles. The zero-order valence-corrected chi connectivity index (χ0v) is 15.1. The Morgan fingerprint density at radius 2 is 1.92 bits per heavy atom. The van der Waals surface area contributed by atoms with Crippen LogP contribution in [-0.2, 0) is 0 Å². The van der Waals surface area contributed by atoms with Gasteiger partial charge in [0.25, 0.3) is 0 Å². The van der Waals surface area contributed by atoms with Crippen molar-refractivity contribution in [3.8, 4) is 11.3 Å². The van der Waals surface area contributed by atoms with E-state index in [4.69, 9.17) is 0 Å². The molecule has 0 spiro atoms. The zero-order chi connectivity index (χ0) is 17.5. The van der Waals surface area contributed by atoms with Crippen LogP contribution in [0.4, 0.5) is 4.79 Å². The number of benzene rings is 1. The van der Waals surface area contributed by atoms with Crippen molar-refractivity contribution in [1.29, 1.82) is 0 Å². The number of aliphatic hydroxyl groups excluding tert-OH is 1. The first-order valence-electron chi connectivity index (χ1n) is 8.18. The largest absolute Gasteiger partial charge is 0.394 e. The van der Waals surface area contributed by atoms with Gasteiger partial charge in [-0.1, -0.05) is 44.2 Å². The summed E-state index contributed by atoms with van der Waals surface area (Å²) in [5, 5.41) is 17.9. The summed E-state index contributed by atoms with van der Waals surface area (Å²) >= 11 is 1.53. The summed E-state index contributed by atoms with van der Waals surface area (Å²) in [6, 6.07) is 9.27. The molecule has 1 aromatic carbocycles. The Morgan fingerprint density at radius 3 is 2.54 bits per heavy atom. The van der Waals surface area contributed by atoms with Crippen LogP contribution in [0.25, 0.3) is 11.3 Å². The smallest absolute Gasteiger partial charge is 0.315 e. The fraction of sp³-hybridized carbons (Fsp3) is 0.444. The second-order valence-electron chi connectivity index (χ2n) is 6.29. The molecule has 2 aromatic rings. The molecule has 2 atom stereocenters. The Hall–Kier alpha value is -1.92. The number of aromatic nitrogens is 1. The summed E-state index contributed by atoms with van der Waals surface area (Å²) in [5.74, 6) is 0.410. The molecule has 24 heavy (non-hydrogen) atoms. The average molecular weight is 347 g/mol. The van der Waals surface area contributed by atoms with Gasteiger partial charge in [-0.05, 0) is 19.3 Å². The summed E-state index contributed by atoms with van der Waals surface area (Å²) in [7, 11) is 0. The molecular formula is C18H25N3O2S. The molecule has 0 aliphatic rings. The number of thiazole rings is 1. The molecule has 130 valence electrons. The predicted octanol–water partition coefficient (Wildman–Crippen LogP) is 3.58. The van der Waals surface area contributed by atoms with Gasteiger partial charge >= 0.3 is 6.03 Å². The number of amides is 2. The van der Waals surface area contributed by atoms with Gasteiger partial charge in [0.1, 0.15) is 5.01 Å². The van der Waals surface area contributed by atoms with E-state index in [-0.39, 0.29) is 24.7 Å². The van der Waals surface area contributed by atoms with Crippen molar-refractivity contribution in [2.45, 2.75) is 39.3 Å². The molecule has 1 heterocycles. The number of carbonyl (C=O) groups is 1. The van der Waals surface area contributed by atoms with E-state index in [0.717, 1.165) is 22.7 Å². The third kappa shape index (κ3) is 5.32. The highest BCUT2D eigenvalue weighted by Crippen LogP contribution is 2.25. The molecule has 3 N–H and O–H groups in total. The standard InChI is InChI=1S/C18H25N3O2S/c1-12(2)9-15(10-22)20-18(23)19-13(3)17-21-16(11-24-17)14-7-5-4-6-8-14/h4-8,11-13,15,22H,9-10H2,1-3H3,(H2,19,20,23). The van der Waals surface area contributed by atoms with Crippen LogP contribution >= 0.6 is 11.3 Å². The van der Waals surface area contributed by atoms with Gasteiger partial charge in [-0.3, -0.25) is 0 Å². The summed E-state index contributed by atoms with van der Waals surface area (Å²) in [6.45, 7) is 5.97. The van der Waals surface area contributed by atoms with Gasteiger partial charge in [0.05, 0.1) is 24.4 Å². The molecule has 2 unspecified atom stereocenters. The third-order valence-electron chi connectivity index (χ3n) is 3.62. The van der Waals surface area contributed by atoms with Gasteiger partial charge in [0, 0.05) is 10.9 Å². The van der Waals surface area contributed by atoms with E-state index in [9.17, 15) is 9.90 Å². The highest BCUT2D eigenvalue weighted by molar-refractivity contribution is 7.10. The lowest BCUT2D eigenvalue weighted by molar-refractivity contribution is 0.205. The van der Waals surface area contributed by atoms with Crippen LogP contribution in [0.3, 0.4) is 0 Å². The fourth-order valence-electron chi connectivity index (χ4n) is 2.46. The number of nitrogens with one attached hydrogen (secondary N) is 2. The molecule has 0 bridgehead atoms. The molecule has 0 aliphatic heterocycles. The third-order valence-corrected chi connectivity index (χ3v) is 4.65. The topological polar surface area (TPSA) is 74.2 Å². The highest BCUT2D eigenvalue weighted by atomic mass is 32.1. The molecule has 6 heteroatoms. The van der Waals surface area contributed by atoms with E-state index in [1.54, 1.807) is 0 Å². The first kappa shape index (κ1) is 18.4. The second kappa shape index (κ2) is 8.80. The van der Waals surface area contributed by atoms with Crippen molar-refractivity contribution < 1.29 is 9.90 Å². The molecule has 0 radical (unpaired) electrons. The summed E-state index contributed by atoms with van der Waals surface area (Å²) < 4.78 is 0. The minimum absolute atomic E-state index is 0.0601. The van der Waals surface area contributed by atoms with Crippen molar-refractivity contribution in [2.75, 3.05) is 6.61 Å². The normalized spacial score (nSPS) is 13.5. The first-order chi connectivity index (χ1) is 11.5. The van der Waals surface area contributed by atoms with E-state index in [0.29, 0.717) is 5.92 Å². The summed E-state index contributed by atoms with van der Waals surface area (Å²) in [6.07, 6.45) is 0.744. The summed E-state index contributed by atoms with van der Waals surface area (Å²) in [4.78, 5) is 16.7. The van der Waals surface area contributed by atoms with Crippen LogP contribution < -0.4 is 10.6 Å². The lowest BCUT2D eigenvalue weighted by Crippen LogP contribution is -2.45. The maximum absolute atomic E-state index is 12.1. The van der Waals surface area contributed by atoms with Crippen LogP contribution in [0.15, 0.2) is 35.7 Å². The SMILES string of the molecule is CC(C)CC(CO)NC(=O)NC(C)c1nc(-c2ccccc2)cs1. The number of hydrogen-bond acceptors (Lipinski definition) is 4. The van der Waals surface area contributed by atoms with E-state index >= 15 is 0 Å². The number of hydrogen-bond donors (Lipinski definition) is 3. The average Bonchev–Trinajstić information content (AvgIpc) is 3.04. The molecule has 0 fully saturated rings. The van der Waals surface area contributed by atoms with Crippen LogP contribution in [0.2, 0.25) is 0 Å². The Kier molecular flexibility index (Phi) is 6.75. The number of nitrogens with zero attached hydrogens (tertiary/aromatic N) is 1. The lowest BCUT2D eigenvalue weighted by Gasteiger charge is -2.20. The highest BCUT2D eigenvalue weighted by Gasteiger charge is 2.17. The summed E-state index contributed by atoms with van der Waals surface area (Å²) in [5.41, 5.74) is 1.98. The monoisotopic (exact) mass is 347 g/mol. The van der Waals surface area contributed by atoms with Crippen LogP contribution in [0.1, 0.15) is 38.2 Å².